The van der Waals surface area contributed by atoms with Crippen LogP contribution >= 0.6 is 0 Å². The van der Waals surface area contributed by atoms with Crippen molar-refractivity contribution in [3.63, 3.8) is 0 Å². The molecule has 0 aliphatic carbocycles. The van der Waals surface area contributed by atoms with Gasteiger partial charge in [0.05, 0.1) is 6.54 Å². The lowest BCUT2D eigenvalue weighted by Gasteiger charge is -2.26. The predicted molar refractivity (Wildman–Crippen MR) is 95.1 cm³/mol. The highest BCUT2D eigenvalue weighted by atomic mass is 16.6. The van der Waals surface area contributed by atoms with Crippen LogP contribution in [-0.2, 0) is 9.53 Å². The number of rotatable bonds is 3. The Morgan fingerprint density at radius 3 is 2.69 bits per heavy atom. The minimum Gasteiger partial charge on any atom is -0.488 e. The van der Waals surface area contributed by atoms with Gasteiger partial charge in [-0.15, -0.1) is 0 Å². The lowest BCUT2D eigenvalue weighted by atomic mass is 10.1. The Balaban J connectivity index is 1.74. The number of hydrogen-bond acceptors (Lipinski definition) is 5. The molecular weight excluding hydrogens is 336 g/mol. The fourth-order valence-electron chi connectivity index (χ4n) is 2.97. The number of hydrogen-bond donors (Lipinski definition) is 1. The number of benzene rings is 1. The number of aliphatic carboxylic acids is 1. The zero-order valence-corrected chi connectivity index (χ0v) is 15.0. The zero-order valence-electron chi connectivity index (χ0n) is 15.0. The Labute approximate surface area is 151 Å². The SMILES string of the molecule is CC(C)(C)OC(=O)N1C[C@H](Oc2ccc3cnccc3c2)C[C@H]1C(=O)O. The van der Waals surface area contributed by atoms with E-state index in [4.69, 9.17) is 9.47 Å². The van der Waals surface area contributed by atoms with Gasteiger partial charge >= 0.3 is 12.1 Å². The van der Waals surface area contributed by atoms with Crippen LogP contribution in [0, 0.1) is 0 Å². The third-order valence-electron chi connectivity index (χ3n) is 4.09. The summed E-state index contributed by atoms with van der Waals surface area (Å²) in [5.74, 6) is -0.435. The topological polar surface area (TPSA) is 89.0 Å². The molecule has 138 valence electrons. The van der Waals surface area contributed by atoms with Crippen LogP contribution in [0.2, 0.25) is 0 Å². The van der Waals surface area contributed by atoms with E-state index in [1.807, 2.05) is 24.3 Å². The second kappa shape index (κ2) is 6.82. The van der Waals surface area contributed by atoms with E-state index in [1.54, 1.807) is 33.2 Å². The molecule has 7 heteroatoms. The van der Waals surface area contributed by atoms with Crippen molar-refractivity contribution in [2.24, 2.45) is 0 Å². The molecule has 0 saturated carbocycles. The molecule has 0 bridgehead atoms. The summed E-state index contributed by atoms with van der Waals surface area (Å²) in [4.78, 5) is 29.2. The van der Waals surface area contributed by atoms with Crippen LogP contribution in [0.15, 0.2) is 36.7 Å². The van der Waals surface area contributed by atoms with Crippen LogP contribution < -0.4 is 4.74 Å². The predicted octanol–water partition coefficient (Wildman–Crippen LogP) is 3.08. The quantitative estimate of drug-likeness (QED) is 0.907. The van der Waals surface area contributed by atoms with Crippen molar-refractivity contribution >= 4 is 22.8 Å². The van der Waals surface area contributed by atoms with Gasteiger partial charge in [0.1, 0.15) is 23.5 Å². The number of carboxylic acids is 1. The minimum absolute atomic E-state index is 0.167. The van der Waals surface area contributed by atoms with Crippen LogP contribution in [-0.4, -0.2) is 51.3 Å². The Bertz CT molecular complexity index is 830. The molecule has 2 atom stereocenters. The molecule has 0 radical (unpaired) electrons. The monoisotopic (exact) mass is 358 g/mol. The molecule has 0 spiro atoms. The number of nitrogens with zero attached hydrogens (tertiary/aromatic N) is 2. The Hall–Kier alpha value is -2.83. The average molecular weight is 358 g/mol. The zero-order chi connectivity index (χ0) is 18.9. The van der Waals surface area contributed by atoms with Gasteiger partial charge in [-0.1, -0.05) is 0 Å². The molecule has 1 N–H and O–H groups in total. The first-order chi connectivity index (χ1) is 12.2. The molecule has 2 heterocycles. The van der Waals surface area contributed by atoms with E-state index in [1.165, 1.54) is 4.90 Å². The molecule has 1 aliphatic rings. The molecule has 0 unspecified atom stereocenters. The highest BCUT2D eigenvalue weighted by molar-refractivity contribution is 5.83. The number of likely N-dealkylation sites (tertiary alicyclic amines) is 1. The highest BCUT2D eigenvalue weighted by Gasteiger charge is 2.42. The Morgan fingerprint density at radius 2 is 2.00 bits per heavy atom. The molecule has 1 aromatic heterocycles. The van der Waals surface area contributed by atoms with Gasteiger partial charge < -0.3 is 14.6 Å². The van der Waals surface area contributed by atoms with E-state index in [2.05, 4.69) is 4.98 Å². The summed E-state index contributed by atoms with van der Waals surface area (Å²) in [6.45, 7) is 5.40. The number of carbonyl (C=O) groups is 2. The third kappa shape index (κ3) is 4.04. The smallest absolute Gasteiger partial charge is 0.411 e. The van der Waals surface area contributed by atoms with Crippen LogP contribution in [0.3, 0.4) is 0 Å². The van der Waals surface area contributed by atoms with Gasteiger partial charge in [0.15, 0.2) is 0 Å². The molecule has 1 aromatic carbocycles. The number of aromatic nitrogens is 1. The fraction of sp³-hybridized carbons (Fsp3) is 0.421. The molecule has 1 saturated heterocycles. The largest absolute Gasteiger partial charge is 0.488 e. The van der Waals surface area contributed by atoms with Gasteiger partial charge in [-0.2, -0.15) is 0 Å². The minimum atomic E-state index is -1.06. The molecule has 1 amide bonds. The average Bonchev–Trinajstić information content (AvgIpc) is 2.97. The van der Waals surface area contributed by atoms with Crippen LogP contribution in [0.4, 0.5) is 4.79 Å². The van der Waals surface area contributed by atoms with Crippen LogP contribution in [0.1, 0.15) is 27.2 Å². The summed E-state index contributed by atoms with van der Waals surface area (Å²) in [6.07, 6.45) is 2.62. The summed E-state index contributed by atoms with van der Waals surface area (Å²) in [6, 6.07) is 6.51. The van der Waals surface area contributed by atoms with Crippen molar-refractivity contribution < 1.29 is 24.2 Å². The van der Waals surface area contributed by atoms with E-state index in [0.717, 1.165) is 10.8 Å². The fourth-order valence-corrected chi connectivity index (χ4v) is 2.97. The van der Waals surface area contributed by atoms with E-state index in [-0.39, 0.29) is 13.0 Å². The van der Waals surface area contributed by atoms with Crippen molar-refractivity contribution in [3.8, 4) is 5.75 Å². The second-order valence-corrected chi connectivity index (χ2v) is 7.35. The number of fused-ring (bicyclic) bond motifs is 1. The van der Waals surface area contributed by atoms with Gasteiger partial charge in [0.25, 0.3) is 0 Å². The highest BCUT2D eigenvalue weighted by Crippen LogP contribution is 2.27. The number of carboxylic acid groups (broad SMARTS) is 1. The van der Waals surface area contributed by atoms with Gasteiger partial charge in [0, 0.05) is 24.2 Å². The second-order valence-electron chi connectivity index (χ2n) is 7.35. The maximum absolute atomic E-state index is 12.3. The first-order valence-electron chi connectivity index (χ1n) is 8.46. The summed E-state index contributed by atoms with van der Waals surface area (Å²) >= 11 is 0. The maximum atomic E-state index is 12.3. The first-order valence-corrected chi connectivity index (χ1v) is 8.46. The molecule has 3 rings (SSSR count). The summed E-state index contributed by atoms with van der Waals surface area (Å²) < 4.78 is 11.3. The van der Waals surface area contributed by atoms with E-state index in [9.17, 15) is 14.7 Å². The Kier molecular flexibility index (Phi) is 4.71. The maximum Gasteiger partial charge on any atom is 0.411 e. The van der Waals surface area contributed by atoms with Gasteiger partial charge in [-0.3, -0.25) is 9.88 Å². The van der Waals surface area contributed by atoms with E-state index >= 15 is 0 Å². The van der Waals surface area contributed by atoms with Crippen LogP contribution in [0.25, 0.3) is 10.8 Å². The standard InChI is InChI=1S/C19H22N2O5/c1-19(2,3)26-18(24)21-11-15(9-16(21)17(22)23)25-14-5-4-13-10-20-7-6-12(13)8-14/h4-8,10,15-16H,9,11H2,1-3H3,(H,22,23)/t15-,16+/m1/s1. The summed E-state index contributed by atoms with van der Waals surface area (Å²) in [7, 11) is 0. The van der Waals surface area contributed by atoms with Crippen molar-refractivity contribution in [3.05, 3.63) is 36.7 Å². The van der Waals surface area contributed by atoms with E-state index in [0.29, 0.717) is 5.75 Å². The first kappa shape index (κ1) is 18.0. The molecule has 1 fully saturated rings. The lowest BCUT2D eigenvalue weighted by molar-refractivity contribution is -0.142. The number of pyridine rings is 1. The molecular formula is C19H22N2O5. The lowest BCUT2D eigenvalue weighted by Crippen LogP contribution is -2.43. The summed E-state index contributed by atoms with van der Waals surface area (Å²) in [5.41, 5.74) is -0.689. The van der Waals surface area contributed by atoms with Crippen molar-refractivity contribution in [2.45, 2.75) is 44.9 Å². The van der Waals surface area contributed by atoms with Crippen molar-refractivity contribution in [1.82, 2.24) is 9.88 Å². The summed E-state index contributed by atoms with van der Waals surface area (Å²) in [5, 5.41) is 11.4. The number of ether oxygens (including phenoxy) is 2. The molecule has 7 nitrogen and oxygen atoms in total. The Morgan fingerprint density at radius 1 is 1.23 bits per heavy atom. The van der Waals surface area contributed by atoms with Crippen LogP contribution in [0.5, 0.6) is 5.75 Å². The number of amides is 1. The molecule has 26 heavy (non-hydrogen) atoms. The van der Waals surface area contributed by atoms with Gasteiger partial charge in [0.2, 0.25) is 0 Å². The third-order valence-corrected chi connectivity index (χ3v) is 4.09. The molecule has 2 aromatic rings. The molecule has 1 aliphatic heterocycles. The normalized spacial score (nSPS) is 20.2. The van der Waals surface area contributed by atoms with Crippen molar-refractivity contribution in [1.29, 1.82) is 0 Å². The van der Waals surface area contributed by atoms with Gasteiger partial charge in [-0.05, 0) is 50.4 Å². The van der Waals surface area contributed by atoms with Gasteiger partial charge in [-0.25, -0.2) is 9.59 Å². The van der Waals surface area contributed by atoms with E-state index < -0.39 is 29.8 Å². The van der Waals surface area contributed by atoms with Crippen molar-refractivity contribution in [2.75, 3.05) is 6.54 Å². The number of carbonyl (C=O) groups excluding carboxylic acids is 1.